The highest BCUT2D eigenvalue weighted by Crippen LogP contribution is 1.96. The summed E-state index contributed by atoms with van der Waals surface area (Å²) < 4.78 is 0. The average molecular weight is 178 g/mol. The molecule has 1 heterocycles. The first-order valence-corrected chi connectivity index (χ1v) is 4.86. The van der Waals surface area contributed by atoms with Gasteiger partial charge >= 0.3 is 0 Å². The van der Waals surface area contributed by atoms with E-state index < -0.39 is 0 Å². The van der Waals surface area contributed by atoms with Crippen molar-refractivity contribution in [3.8, 4) is 0 Å². The summed E-state index contributed by atoms with van der Waals surface area (Å²) in [7, 11) is 0. The van der Waals surface area contributed by atoms with Crippen LogP contribution in [-0.2, 0) is 0 Å². The minimum absolute atomic E-state index is 1.27. The van der Waals surface area contributed by atoms with Crippen molar-refractivity contribution in [2.75, 3.05) is 6.54 Å². The third-order valence-electron chi connectivity index (χ3n) is 2.05. The van der Waals surface area contributed by atoms with Crippen LogP contribution < -0.4 is 4.90 Å². The standard InChI is InChI=1S/C10H17N.CN/c1-2-3-4-5-8-11-9-6-7-10-11;1-2/h6-7,9-10H,2-5,8H2,1H3;/q;-1/p+1. The Balaban J connectivity index is 0.000000671. The first-order valence-electron chi connectivity index (χ1n) is 4.86. The topological polar surface area (TPSA) is 28.2 Å². The van der Waals surface area contributed by atoms with E-state index in [0.29, 0.717) is 0 Å². The average Bonchev–Trinajstić information content (AvgIpc) is 2.68. The van der Waals surface area contributed by atoms with Crippen molar-refractivity contribution < 1.29 is 4.90 Å². The number of quaternary nitrogens is 1. The summed E-state index contributed by atoms with van der Waals surface area (Å²) in [6.07, 6.45) is 14.1. The number of rotatable bonds is 5. The minimum atomic E-state index is 1.27. The first kappa shape index (κ1) is 11.9. The van der Waals surface area contributed by atoms with Crippen LogP contribution in [0.15, 0.2) is 24.6 Å². The molecular formula is C11H18N2. The Morgan fingerprint density at radius 1 is 1.08 bits per heavy atom. The van der Waals surface area contributed by atoms with E-state index in [4.69, 9.17) is 11.8 Å². The summed E-state index contributed by atoms with van der Waals surface area (Å²) in [4.78, 5) is 1.50. The smallest absolute Gasteiger partial charge is 0.0990 e. The van der Waals surface area contributed by atoms with E-state index in [1.54, 1.807) is 0 Å². The SMILES string of the molecule is CCCCCC[NH+]1C=CC=C1.[C-]#N. The van der Waals surface area contributed by atoms with Crippen LogP contribution in [-0.4, -0.2) is 6.54 Å². The fraction of sp³-hybridized carbons (Fsp3) is 0.545. The van der Waals surface area contributed by atoms with E-state index in [1.165, 1.54) is 37.1 Å². The molecule has 0 amide bonds. The van der Waals surface area contributed by atoms with E-state index in [2.05, 4.69) is 31.5 Å². The lowest BCUT2D eigenvalue weighted by molar-refractivity contribution is -0.787. The summed E-state index contributed by atoms with van der Waals surface area (Å²) in [5, 5.41) is 6.25. The van der Waals surface area contributed by atoms with Crippen molar-refractivity contribution in [2.24, 2.45) is 0 Å². The summed E-state index contributed by atoms with van der Waals surface area (Å²) in [6, 6.07) is 0. The molecule has 2 heteroatoms. The Kier molecular flexibility index (Phi) is 8.28. The van der Waals surface area contributed by atoms with E-state index in [1.807, 2.05) is 0 Å². The van der Waals surface area contributed by atoms with Crippen molar-refractivity contribution >= 4 is 0 Å². The minimum Gasteiger partial charge on any atom is -0.512 e. The first-order chi connectivity index (χ1) is 6.43. The highest BCUT2D eigenvalue weighted by molar-refractivity contribution is 5.00. The van der Waals surface area contributed by atoms with E-state index in [0.717, 1.165) is 0 Å². The van der Waals surface area contributed by atoms with Gasteiger partial charge in [-0.15, -0.1) is 0 Å². The van der Waals surface area contributed by atoms with Crippen LogP contribution >= 0.6 is 0 Å². The van der Waals surface area contributed by atoms with Crippen LogP contribution in [0.1, 0.15) is 32.6 Å². The van der Waals surface area contributed by atoms with Crippen molar-refractivity contribution in [1.29, 1.82) is 5.26 Å². The predicted molar refractivity (Wildman–Crippen MR) is 53.2 cm³/mol. The number of allylic oxidation sites excluding steroid dienone is 2. The van der Waals surface area contributed by atoms with Gasteiger partial charge in [0.2, 0.25) is 0 Å². The Hall–Kier alpha value is -1.07. The van der Waals surface area contributed by atoms with Crippen molar-refractivity contribution in [3.63, 3.8) is 0 Å². The molecule has 0 spiro atoms. The second kappa shape index (κ2) is 9.02. The molecule has 0 aromatic rings. The second-order valence-corrected chi connectivity index (χ2v) is 3.10. The highest BCUT2D eigenvalue weighted by atomic mass is 15.1. The Bertz CT molecular complexity index is 168. The quantitative estimate of drug-likeness (QED) is 0.502. The molecule has 72 valence electrons. The van der Waals surface area contributed by atoms with Crippen molar-refractivity contribution in [2.45, 2.75) is 32.6 Å². The Morgan fingerprint density at radius 3 is 2.23 bits per heavy atom. The predicted octanol–water partition coefficient (Wildman–Crippen LogP) is 1.59. The molecule has 0 atom stereocenters. The largest absolute Gasteiger partial charge is 0.512 e. The molecule has 1 aliphatic rings. The number of unbranched alkanes of at least 4 members (excludes halogenated alkanes) is 3. The van der Waals surface area contributed by atoms with E-state index >= 15 is 0 Å². The van der Waals surface area contributed by atoms with Crippen LogP contribution in [0.25, 0.3) is 0 Å². The lowest BCUT2D eigenvalue weighted by Gasteiger charge is -2.05. The zero-order valence-electron chi connectivity index (χ0n) is 8.29. The molecule has 0 unspecified atom stereocenters. The summed E-state index contributed by atoms with van der Waals surface area (Å²) in [5.74, 6) is 0. The third kappa shape index (κ3) is 6.12. The molecule has 0 aromatic carbocycles. The zero-order valence-corrected chi connectivity index (χ0v) is 8.29. The van der Waals surface area contributed by atoms with Gasteiger partial charge in [-0.3, -0.25) is 4.90 Å². The Labute approximate surface area is 81.2 Å². The van der Waals surface area contributed by atoms with Gasteiger partial charge in [-0.25, -0.2) is 0 Å². The van der Waals surface area contributed by atoms with Gasteiger partial charge in [-0.2, -0.15) is 0 Å². The van der Waals surface area contributed by atoms with Gasteiger partial charge in [-0.1, -0.05) is 19.8 Å². The molecule has 1 N–H and O–H groups in total. The van der Waals surface area contributed by atoms with Gasteiger partial charge in [-0.05, 0) is 25.0 Å². The molecule has 0 bridgehead atoms. The number of hydrogen-bond acceptors (Lipinski definition) is 1. The molecule has 0 aliphatic carbocycles. The van der Waals surface area contributed by atoms with Crippen LogP contribution in [0, 0.1) is 11.8 Å². The highest BCUT2D eigenvalue weighted by Gasteiger charge is 2.01. The molecule has 0 radical (unpaired) electrons. The lowest BCUT2D eigenvalue weighted by Crippen LogP contribution is -3.01. The summed E-state index contributed by atoms with van der Waals surface area (Å²) >= 11 is 0. The molecule has 0 aromatic heterocycles. The third-order valence-corrected chi connectivity index (χ3v) is 2.05. The van der Waals surface area contributed by atoms with Gasteiger partial charge in [0, 0.05) is 0 Å². The monoisotopic (exact) mass is 178 g/mol. The summed E-state index contributed by atoms with van der Waals surface area (Å²) in [6.45, 7) is 8.27. The molecule has 1 aliphatic heterocycles. The lowest BCUT2D eigenvalue weighted by atomic mass is 10.2. The van der Waals surface area contributed by atoms with Crippen molar-refractivity contribution in [3.05, 3.63) is 31.1 Å². The van der Waals surface area contributed by atoms with E-state index in [-0.39, 0.29) is 0 Å². The Morgan fingerprint density at radius 2 is 1.69 bits per heavy atom. The maximum atomic E-state index is 6.25. The van der Waals surface area contributed by atoms with Crippen LogP contribution in [0.2, 0.25) is 0 Å². The second-order valence-electron chi connectivity index (χ2n) is 3.10. The van der Waals surface area contributed by atoms with Crippen molar-refractivity contribution in [1.82, 2.24) is 0 Å². The number of hydrogen-bond donors (Lipinski definition) is 1. The van der Waals surface area contributed by atoms with Gasteiger partial charge in [0.1, 0.15) is 0 Å². The number of nitrogens with zero attached hydrogens (tertiary/aromatic N) is 1. The molecular weight excluding hydrogens is 160 g/mol. The molecule has 0 fully saturated rings. The van der Waals surface area contributed by atoms with Gasteiger partial charge in [0.05, 0.1) is 18.9 Å². The van der Waals surface area contributed by atoms with Gasteiger partial charge in [0.25, 0.3) is 0 Å². The fourth-order valence-electron chi connectivity index (χ4n) is 1.34. The molecule has 0 saturated carbocycles. The van der Waals surface area contributed by atoms with Gasteiger partial charge in [0.15, 0.2) is 0 Å². The van der Waals surface area contributed by atoms with E-state index in [9.17, 15) is 0 Å². The fourth-order valence-corrected chi connectivity index (χ4v) is 1.34. The van der Waals surface area contributed by atoms with Crippen LogP contribution in [0.4, 0.5) is 0 Å². The number of nitrogens with one attached hydrogen (secondary N) is 1. The molecule has 0 saturated heterocycles. The maximum Gasteiger partial charge on any atom is 0.0990 e. The summed E-state index contributed by atoms with van der Waals surface area (Å²) in [5.41, 5.74) is 0. The van der Waals surface area contributed by atoms with Crippen LogP contribution in [0.5, 0.6) is 0 Å². The molecule has 2 nitrogen and oxygen atoms in total. The maximum absolute atomic E-state index is 6.25. The zero-order chi connectivity index (χ0) is 9.94. The molecule has 13 heavy (non-hydrogen) atoms. The van der Waals surface area contributed by atoms with Gasteiger partial charge < -0.3 is 11.8 Å². The van der Waals surface area contributed by atoms with Crippen LogP contribution in [0.3, 0.4) is 0 Å². The normalized spacial score (nSPS) is 14.1. The molecule has 1 rings (SSSR count).